The minimum Gasteiger partial charge on any atom is -0.399 e. The quantitative estimate of drug-likeness (QED) is 0.883. The van der Waals surface area contributed by atoms with E-state index < -0.39 is 9.84 Å². The molecule has 0 aliphatic carbocycles. The van der Waals surface area contributed by atoms with Crippen molar-refractivity contribution >= 4 is 38.5 Å². The first kappa shape index (κ1) is 12.4. The molecule has 0 atom stereocenters. The number of benzene rings is 1. The summed E-state index contributed by atoms with van der Waals surface area (Å²) in [6, 6.07) is 6.21. The molecule has 2 N–H and O–H groups in total. The fourth-order valence-corrected chi connectivity index (χ4v) is 4.16. The molecular weight excluding hydrogens is 278 g/mol. The molecule has 0 unspecified atom stereocenters. The number of nitrogen functional groups attached to an aromatic ring is 1. The van der Waals surface area contributed by atoms with E-state index in [9.17, 15) is 8.42 Å². The van der Waals surface area contributed by atoms with Gasteiger partial charge in [-0.25, -0.2) is 8.42 Å². The van der Waals surface area contributed by atoms with Gasteiger partial charge in [0.1, 0.15) is 0 Å². The Morgan fingerprint density at radius 3 is 2.65 bits per heavy atom. The minimum absolute atomic E-state index is 0.0415. The average molecular weight is 288 g/mol. The van der Waals surface area contributed by atoms with Crippen LogP contribution in [0.15, 0.2) is 39.9 Å². The molecule has 3 nitrogen and oxygen atoms in total. The van der Waals surface area contributed by atoms with Crippen LogP contribution in [0.25, 0.3) is 0 Å². The van der Waals surface area contributed by atoms with Gasteiger partial charge < -0.3 is 5.73 Å². The first-order valence-corrected chi connectivity index (χ1v) is 7.75. The number of anilines is 1. The van der Waals surface area contributed by atoms with Crippen LogP contribution >= 0.6 is 22.9 Å². The van der Waals surface area contributed by atoms with Crippen molar-refractivity contribution in [2.24, 2.45) is 0 Å². The highest BCUT2D eigenvalue weighted by atomic mass is 35.5. The van der Waals surface area contributed by atoms with Gasteiger partial charge in [0.15, 0.2) is 9.84 Å². The number of halogens is 1. The molecule has 0 spiro atoms. The maximum atomic E-state index is 12.1. The van der Waals surface area contributed by atoms with E-state index in [4.69, 9.17) is 17.3 Å². The monoisotopic (exact) mass is 287 g/mol. The zero-order valence-corrected chi connectivity index (χ0v) is 11.1. The van der Waals surface area contributed by atoms with Crippen molar-refractivity contribution in [1.82, 2.24) is 0 Å². The maximum absolute atomic E-state index is 12.1. The van der Waals surface area contributed by atoms with E-state index >= 15 is 0 Å². The molecule has 6 heteroatoms. The Bertz CT molecular complexity index is 621. The lowest BCUT2D eigenvalue weighted by Gasteiger charge is -2.06. The Kier molecular flexibility index (Phi) is 3.42. The fourth-order valence-electron chi connectivity index (χ4n) is 1.44. The Morgan fingerprint density at radius 1 is 1.29 bits per heavy atom. The van der Waals surface area contributed by atoms with Gasteiger partial charge in [0, 0.05) is 5.69 Å². The van der Waals surface area contributed by atoms with E-state index in [1.165, 1.54) is 29.5 Å². The van der Waals surface area contributed by atoms with Crippen LogP contribution in [0.5, 0.6) is 0 Å². The van der Waals surface area contributed by atoms with Gasteiger partial charge in [-0.15, -0.1) is 0 Å². The standard InChI is InChI=1S/C11H10ClNO2S2/c12-10-5-9(13)1-2-11(10)17(14,15)7-8-3-4-16-6-8/h1-6H,7,13H2. The summed E-state index contributed by atoms with van der Waals surface area (Å²) < 4.78 is 24.2. The fraction of sp³-hybridized carbons (Fsp3) is 0.0909. The van der Waals surface area contributed by atoms with Gasteiger partial charge in [-0.1, -0.05) is 11.6 Å². The lowest BCUT2D eigenvalue weighted by molar-refractivity contribution is 0.595. The molecule has 1 aromatic carbocycles. The summed E-state index contributed by atoms with van der Waals surface area (Å²) >= 11 is 7.36. The maximum Gasteiger partial charge on any atom is 0.184 e. The first-order chi connectivity index (χ1) is 7.99. The summed E-state index contributed by atoms with van der Waals surface area (Å²) in [6.45, 7) is 0. The lowest BCUT2D eigenvalue weighted by Crippen LogP contribution is -2.05. The first-order valence-electron chi connectivity index (χ1n) is 4.78. The van der Waals surface area contributed by atoms with Crippen LogP contribution < -0.4 is 5.73 Å². The van der Waals surface area contributed by atoms with Crippen molar-refractivity contribution in [3.05, 3.63) is 45.6 Å². The molecule has 0 fully saturated rings. The van der Waals surface area contributed by atoms with Crippen molar-refractivity contribution in [2.75, 3.05) is 5.73 Å². The molecule has 0 amide bonds. The number of hydrogen-bond donors (Lipinski definition) is 1. The van der Waals surface area contributed by atoms with Gasteiger partial charge in [0.05, 0.1) is 15.7 Å². The van der Waals surface area contributed by atoms with Crippen molar-refractivity contribution < 1.29 is 8.42 Å². The van der Waals surface area contributed by atoms with Gasteiger partial charge in [-0.05, 0) is 40.6 Å². The summed E-state index contributed by atoms with van der Waals surface area (Å²) in [6.07, 6.45) is 0. The average Bonchev–Trinajstić information content (AvgIpc) is 2.68. The number of hydrogen-bond acceptors (Lipinski definition) is 4. The molecule has 0 saturated carbocycles. The third-order valence-corrected chi connectivity index (χ3v) is 5.12. The molecule has 17 heavy (non-hydrogen) atoms. The summed E-state index contributed by atoms with van der Waals surface area (Å²) in [5.41, 5.74) is 6.74. The third kappa shape index (κ3) is 2.80. The molecule has 90 valence electrons. The van der Waals surface area contributed by atoms with Crippen LogP contribution in [0.2, 0.25) is 5.02 Å². The van der Waals surface area contributed by atoms with E-state index in [1.807, 2.05) is 10.8 Å². The Hall–Kier alpha value is -1.04. The molecule has 2 rings (SSSR count). The van der Waals surface area contributed by atoms with E-state index in [0.29, 0.717) is 5.69 Å². The highest BCUT2D eigenvalue weighted by Gasteiger charge is 2.18. The van der Waals surface area contributed by atoms with E-state index in [1.54, 1.807) is 6.07 Å². The SMILES string of the molecule is Nc1ccc(S(=O)(=O)Cc2ccsc2)c(Cl)c1. The van der Waals surface area contributed by atoms with Crippen LogP contribution in [-0.2, 0) is 15.6 Å². The molecule has 0 saturated heterocycles. The molecule has 0 radical (unpaired) electrons. The zero-order chi connectivity index (χ0) is 12.5. The second-order valence-corrected chi connectivity index (χ2v) is 6.73. The predicted molar refractivity (Wildman–Crippen MR) is 71.1 cm³/mol. The molecule has 1 heterocycles. The summed E-state index contributed by atoms with van der Waals surface area (Å²) in [7, 11) is -3.41. The number of sulfone groups is 1. The van der Waals surface area contributed by atoms with Gasteiger partial charge in [-0.2, -0.15) is 11.3 Å². The molecule has 0 aliphatic heterocycles. The normalized spacial score (nSPS) is 11.6. The van der Waals surface area contributed by atoms with Crippen LogP contribution in [0.3, 0.4) is 0 Å². The molecule has 1 aromatic heterocycles. The van der Waals surface area contributed by atoms with Crippen molar-refractivity contribution in [3.8, 4) is 0 Å². The minimum atomic E-state index is -3.41. The van der Waals surface area contributed by atoms with Crippen molar-refractivity contribution in [2.45, 2.75) is 10.6 Å². The smallest absolute Gasteiger partial charge is 0.184 e. The third-order valence-electron chi connectivity index (χ3n) is 2.23. The van der Waals surface area contributed by atoms with E-state index in [0.717, 1.165) is 5.56 Å². The Morgan fingerprint density at radius 2 is 2.06 bits per heavy atom. The predicted octanol–water partition coefficient (Wildman–Crippen LogP) is 2.96. The van der Waals surface area contributed by atoms with E-state index in [-0.39, 0.29) is 15.7 Å². The molecule has 0 aliphatic rings. The highest BCUT2D eigenvalue weighted by molar-refractivity contribution is 7.90. The molecule has 2 aromatic rings. The van der Waals surface area contributed by atoms with Crippen LogP contribution in [0.1, 0.15) is 5.56 Å². The van der Waals surface area contributed by atoms with E-state index in [2.05, 4.69) is 0 Å². The van der Waals surface area contributed by atoms with Crippen molar-refractivity contribution in [3.63, 3.8) is 0 Å². The highest BCUT2D eigenvalue weighted by Crippen LogP contribution is 2.27. The Labute approximate surface area is 109 Å². The van der Waals surface area contributed by atoms with Gasteiger partial charge >= 0.3 is 0 Å². The van der Waals surface area contributed by atoms with Crippen LogP contribution in [-0.4, -0.2) is 8.42 Å². The number of rotatable bonds is 3. The summed E-state index contributed by atoms with van der Waals surface area (Å²) in [5, 5.41) is 3.82. The largest absolute Gasteiger partial charge is 0.399 e. The second-order valence-electron chi connectivity index (χ2n) is 3.58. The van der Waals surface area contributed by atoms with Crippen LogP contribution in [0, 0.1) is 0 Å². The van der Waals surface area contributed by atoms with Crippen molar-refractivity contribution in [1.29, 1.82) is 0 Å². The Balaban J connectivity index is 2.38. The molecule has 0 bridgehead atoms. The summed E-state index contributed by atoms with van der Waals surface area (Å²) in [4.78, 5) is 0.125. The number of thiophene rings is 1. The topological polar surface area (TPSA) is 60.2 Å². The van der Waals surface area contributed by atoms with Gasteiger partial charge in [0.2, 0.25) is 0 Å². The number of nitrogens with two attached hydrogens (primary N) is 1. The molecular formula is C11H10ClNO2S2. The van der Waals surface area contributed by atoms with Crippen LogP contribution in [0.4, 0.5) is 5.69 Å². The zero-order valence-electron chi connectivity index (χ0n) is 8.76. The van der Waals surface area contributed by atoms with Gasteiger partial charge in [0.25, 0.3) is 0 Å². The second kappa shape index (κ2) is 4.68. The van der Waals surface area contributed by atoms with Gasteiger partial charge in [-0.3, -0.25) is 0 Å². The summed E-state index contributed by atoms with van der Waals surface area (Å²) in [5.74, 6) is -0.0415. The lowest BCUT2D eigenvalue weighted by atomic mass is 10.3.